The molecule has 110 valence electrons. The minimum atomic E-state index is -0.534. The molecule has 0 aliphatic heterocycles. The highest BCUT2D eigenvalue weighted by molar-refractivity contribution is 5.97. The average molecular weight is 292 g/mol. The van der Waals surface area contributed by atoms with Crippen LogP contribution in [0.1, 0.15) is 16.7 Å². The summed E-state index contributed by atoms with van der Waals surface area (Å²) in [4.78, 5) is 0. The van der Waals surface area contributed by atoms with Crippen molar-refractivity contribution in [3.8, 4) is 5.75 Å². The molecule has 0 aliphatic rings. The van der Waals surface area contributed by atoms with E-state index in [0.29, 0.717) is 16.9 Å². The topological polar surface area (TPSA) is 67.8 Å². The Hall–Kier alpha value is -2.63. The summed E-state index contributed by atoms with van der Waals surface area (Å²) in [7, 11) is 0. The Morgan fingerprint density at radius 3 is 2.67 bits per heavy atom. The molecule has 0 aromatic heterocycles. The molecule has 2 aromatic rings. The smallest absolute Gasteiger partial charge is 0.170 e. The number of hydrogen-bond acceptors (Lipinski definition) is 3. The molecule has 0 saturated heterocycles. The lowest BCUT2D eigenvalue weighted by Gasteiger charge is -2.09. The van der Waals surface area contributed by atoms with Gasteiger partial charge in [0.15, 0.2) is 5.84 Å². The quantitative estimate of drug-likeness (QED) is 0.394. The van der Waals surface area contributed by atoms with Crippen LogP contribution in [0.15, 0.2) is 41.6 Å². The predicted molar refractivity (Wildman–Crippen MR) is 74.4 cm³/mol. The second-order valence-corrected chi connectivity index (χ2v) is 4.53. The molecule has 0 amide bonds. The Labute approximate surface area is 120 Å². The summed E-state index contributed by atoms with van der Waals surface area (Å²) in [5, 5.41) is 11.4. The number of oxime groups is 1. The molecular formula is C15H14F2N2O2. The maximum absolute atomic E-state index is 13.5. The first kappa shape index (κ1) is 14.8. The van der Waals surface area contributed by atoms with Crippen LogP contribution in [-0.4, -0.2) is 11.0 Å². The molecule has 3 N–H and O–H groups in total. The lowest BCUT2D eigenvalue weighted by atomic mass is 10.1. The van der Waals surface area contributed by atoms with E-state index in [0.717, 1.165) is 6.07 Å². The maximum atomic E-state index is 13.5. The van der Waals surface area contributed by atoms with Crippen LogP contribution < -0.4 is 10.5 Å². The van der Waals surface area contributed by atoms with Crippen LogP contribution in [-0.2, 0) is 6.61 Å². The molecule has 0 unspecified atom stereocenters. The molecule has 0 radical (unpaired) electrons. The van der Waals surface area contributed by atoms with Crippen molar-refractivity contribution >= 4 is 5.84 Å². The number of benzene rings is 2. The first-order chi connectivity index (χ1) is 9.99. The van der Waals surface area contributed by atoms with Crippen molar-refractivity contribution in [1.29, 1.82) is 0 Å². The average Bonchev–Trinajstić information content (AvgIpc) is 2.47. The zero-order chi connectivity index (χ0) is 15.4. The second-order valence-electron chi connectivity index (χ2n) is 4.53. The van der Waals surface area contributed by atoms with Gasteiger partial charge in [0.25, 0.3) is 0 Å². The monoisotopic (exact) mass is 292 g/mol. The highest BCUT2D eigenvalue weighted by Crippen LogP contribution is 2.18. The molecule has 2 rings (SSSR count). The summed E-state index contributed by atoms with van der Waals surface area (Å²) >= 11 is 0. The molecule has 0 fully saturated rings. The van der Waals surface area contributed by atoms with Gasteiger partial charge in [-0.3, -0.25) is 0 Å². The van der Waals surface area contributed by atoms with Gasteiger partial charge < -0.3 is 15.7 Å². The van der Waals surface area contributed by atoms with Crippen LogP contribution in [0.5, 0.6) is 5.75 Å². The standard InChI is InChI=1S/C15H14F2N2O2/c1-9-2-3-13(7-14(9)17)21-8-10-4-11(15(18)19-20)6-12(16)5-10/h2-7,20H,8H2,1H3,(H2,18,19). The van der Waals surface area contributed by atoms with E-state index in [1.165, 1.54) is 18.2 Å². The number of nitrogens with zero attached hydrogens (tertiary/aromatic N) is 1. The largest absolute Gasteiger partial charge is 0.489 e. The van der Waals surface area contributed by atoms with Gasteiger partial charge in [-0.1, -0.05) is 11.2 Å². The molecule has 0 spiro atoms. The molecule has 0 saturated carbocycles. The fraction of sp³-hybridized carbons (Fsp3) is 0.133. The summed E-state index contributed by atoms with van der Waals surface area (Å²) in [6.45, 7) is 1.68. The van der Waals surface area contributed by atoms with E-state index in [4.69, 9.17) is 15.7 Å². The number of amidine groups is 1. The van der Waals surface area contributed by atoms with E-state index in [1.54, 1.807) is 19.1 Å². The van der Waals surface area contributed by atoms with E-state index in [1.807, 2.05) is 0 Å². The summed E-state index contributed by atoms with van der Waals surface area (Å²) in [6, 6.07) is 8.42. The lowest BCUT2D eigenvalue weighted by molar-refractivity contribution is 0.303. The predicted octanol–water partition coefficient (Wildman–Crippen LogP) is 2.95. The number of hydrogen-bond donors (Lipinski definition) is 2. The molecule has 0 bridgehead atoms. The summed E-state index contributed by atoms with van der Waals surface area (Å²) < 4.78 is 32.2. The highest BCUT2D eigenvalue weighted by Gasteiger charge is 2.06. The molecule has 4 nitrogen and oxygen atoms in total. The van der Waals surface area contributed by atoms with Crippen molar-refractivity contribution in [2.24, 2.45) is 10.9 Å². The van der Waals surface area contributed by atoms with Gasteiger partial charge in [-0.2, -0.15) is 0 Å². The Morgan fingerprint density at radius 2 is 2.00 bits per heavy atom. The molecular weight excluding hydrogens is 278 g/mol. The van der Waals surface area contributed by atoms with Crippen molar-refractivity contribution in [3.63, 3.8) is 0 Å². The van der Waals surface area contributed by atoms with E-state index in [2.05, 4.69) is 5.16 Å². The maximum Gasteiger partial charge on any atom is 0.170 e. The van der Waals surface area contributed by atoms with Gasteiger partial charge in [-0.25, -0.2) is 8.78 Å². The summed E-state index contributed by atoms with van der Waals surface area (Å²) in [6.07, 6.45) is 0. The third-order valence-corrected chi connectivity index (χ3v) is 2.91. The van der Waals surface area contributed by atoms with Crippen LogP contribution in [0.25, 0.3) is 0 Å². The van der Waals surface area contributed by atoms with Crippen molar-refractivity contribution in [2.45, 2.75) is 13.5 Å². The van der Waals surface area contributed by atoms with Crippen LogP contribution in [0.4, 0.5) is 8.78 Å². The van der Waals surface area contributed by atoms with Crippen molar-refractivity contribution in [3.05, 3.63) is 64.7 Å². The molecule has 0 aliphatic carbocycles. The molecule has 0 atom stereocenters. The van der Waals surface area contributed by atoms with Gasteiger partial charge in [0.1, 0.15) is 24.0 Å². The van der Waals surface area contributed by atoms with E-state index in [9.17, 15) is 8.78 Å². The number of aryl methyl sites for hydroxylation is 1. The molecule has 0 heterocycles. The molecule has 21 heavy (non-hydrogen) atoms. The van der Waals surface area contributed by atoms with Crippen molar-refractivity contribution < 1.29 is 18.7 Å². The normalized spacial score (nSPS) is 11.5. The SMILES string of the molecule is Cc1ccc(OCc2cc(F)cc(/C(N)=N/O)c2)cc1F. The van der Waals surface area contributed by atoms with Crippen LogP contribution in [0, 0.1) is 18.6 Å². The van der Waals surface area contributed by atoms with Gasteiger partial charge in [0, 0.05) is 11.6 Å². The van der Waals surface area contributed by atoms with E-state index < -0.39 is 5.82 Å². The number of halogens is 2. The third kappa shape index (κ3) is 3.68. The second kappa shape index (κ2) is 6.21. The lowest BCUT2D eigenvalue weighted by Crippen LogP contribution is -2.14. The number of rotatable bonds is 4. The Balaban J connectivity index is 2.16. The van der Waals surface area contributed by atoms with E-state index >= 15 is 0 Å². The zero-order valence-electron chi connectivity index (χ0n) is 11.3. The Kier molecular flexibility index (Phi) is 4.37. The minimum Gasteiger partial charge on any atom is -0.489 e. The highest BCUT2D eigenvalue weighted by atomic mass is 19.1. The van der Waals surface area contributed by atoms with Crippen LogP contribution in [0.3, 0.4) is 0 Å². The minimum absolute atomic E-state index is 0.0337. The van der Waals surface area contributed by atoms with E-state index in [-0.39, 0.29) is 23.8 Å². The van der Waals surface area contributed by atoms with Gasteiger partial charge in [-0.05, 0) is 42.3 Å². The summed E-state index contributed by atoms with van der Waals surface area (Å²) in [5.41, 5.74) is 6.66. The van der Waals surface area contributed by atoms with Gasteiger partial charge in [-0.15, -0.1) is 0 Å². The van der Waals surface area contributed by atoms with Gasteiger partial charge in [0.2, 0.25) is 0 Å². The number of ether oxygens (including phenoxy) is 1. The summed E-state index contributed by atoms with van der Waals surface area (Å²) in [5.74, 6) is -0.762. The van der Waals surface area contributed by atoms with Crippen LogP contribution in [0.2, 0.25) is 0 Å². The zero-order valence-corrected chi connectivity index (χ0v) is 11.3. The fourth-order valence-corrected chi connectivity index (χ4v) is 1.77. The Bertz CT molecular complexity index is 687. The first-order valence-corrected chi connectivity index (χ1v) is 6.16. The van der Waals surface area contributed by atoms with Gasteiger partial charge in [0.05, 0.1) is 0 Å². The fourth-order valence-electron chi connectivity index (χ4n) is 1.77. The first-order valence-electron chi connectivity index (χ1n) is 6.16. The van der Waals surface area contributed by atoms with Crippen molar-refractivity contribution in [1.82, 2.24) is 0 Å². The van der Waals surface area contributed by atoms with Crippen LogP contribution >= 0.6 is 0 Å². The third-order valence-electron chi connectivity index (χ3n) is 2.91. The number of nitrogens with two attached hydrogens (primary N) is 1. The Morgan fingerprint density at radius 1 is 1.24 bits per heavy atom. The molecule has 2 aromatic carbocycles. The van der Waals surface area contributed by atoms with Gasteiger partial charge >= 0.3 is 0 Å². The molecule has 6 heteroatoms. The van der Waals surface area contributed by atoms with Crippen molar-refractivity contribution in [2.75, 3.05) is 0 Å².